The van der Waals surface area contributed by atoms with Crippen LogP contribution in [-0.4, -0.2) is 17.1 Å². The van der Waals surface area contributed by atoms with E-state index in [-0.39, 0.29) is 0 Å². The molecule has 4 aromatic rings. The first-order valence-corrected chi connectivity index (χ1v) is 9.59. The van der Waals surface area contributed by atoms with Crippen LogP contribution in [0, 0.1) is 0 Å². The lowest BCUT2D eigenvalue weighted by Gasteiger charge is -2.07. The zero-order valence-corrected chi connectivity index (χ0v) is 16.0. The molecule has 5 rings (SSSR count). The fourth-order valence-electron chi connectivity index (χ4n) is 3.65. The Morgan fingerprint density at radius 3 is 2.28 bits per heavy atom. The minimum atomic E-state index is 0.722. The smallest absolute Gasteiger partial charge is 0.166 e. The Hall–Kier alpha value is -3.72. The van der Waals surface area contributed by atoms with Gasteiger partial charge in [0, 0.05) is 23.9 Å². The van der Waals surface area contributed by atoms with Gasteiger partial charge in [-0.05, 0) is 40.5 Å². The summed E-state index contributed by atoms with van der Waals surface area (Å²) < 4.78 is 2.05. The molecule has 3 heteroatoms. The Morgan fingerprint density at radius 2 is 1.52 bits per heavy atom. The lowest BCUT2D eigenvalue weighted by atomic mass is 10.1. The van der Waals surface area contributed by atoms with E-state index in [1.54, 1.807) is 0 Å². The minimum absolute atomic E-state index is 0.722. The Bertz CT molecular complexity index is 1190. The number of carbonyl (C=O) groups is 2. The molecule has 3 nitrogen and oxygen atoms in total. The maximum absolute atomic E-state index is 11.2. The van der Waals surface area contributed by atoms with E-state index in [0.717, 1.165) is 47.7 Å². The van der Waals surface area contributed by atoms with Crippen molar-refractivity contribution in [2.75, 3.05) is 0 Å². The van der Waals surface area contributed by atoms with Crippen molar-refractivity contribution in [3.05, 3.63) is 113 Å². The molecule has 1 aliphatic carbocycles. The summed E-state index contributed by atoms with van der Waals surface area (Å²) in [5, 5.41) is 1.11. The minimum Gasteiger partial charge on any atom is -0.334 e. The molecule has 0 saturated carbocycles. The Balaban J connectivity index is 0.000000159. The summed E-state index contributed by atoms with van der Waals surface area (Å²) in [5.74, 6) is 0. The van der Waals surface area contributed by atoms with E-state index in [9.17, 15) is 9.59 Å². The van der Waals surface area contributed by atoms with Gasteiger partial charge in [-0.3, -0.25) is 9.59 Å². The van der Waals surface area contributed by atoms with E-state index in [1.807, 2.05) is 72.8 Å². The van der Waals surface area contributed by atoms with Crippen LogP contribution in [0.25, 0.3) is 17.0 Å². The summed E-state index contributed by atoms with van der Waals surface area (Å²) in [5.41, 5.74) is 6.35. The van der Waals surface area contributed by atoms with Gasteiger partial charge in [-0.1, -0.05) is 72.8 Å². The zero-order chi connectivity index (χ0) is 20.1. The van der Waals surface area contributed by atoms with Crippen molar-refractivity contribution >= 4 is 29.6 Å². The van der Waals surface area contributed by atoms with Crippen molar-refractivity contribution in [2.45, 2.75) is 13.0 Å². The molecule has 0 unspecified atom stereocenters. The monoisotopic (exact) mass is 379 g/mol. The molecule has 1 aromatic heterocycles. The molecule has 29 heavy (non-hydrogen) atoms. The molecule has 142 valence electrons. The SMILES string of the molecule is O=CC1=Cc2ccccc2C1.O=Cc1cc2ccccc2n1Cc1ccccc1. The van der Waals surface area contributed by atoms with Crippen molar-refractivity contribution in [1.29, 1.82) is 0 Å². The molecule has 1 aliphatic rings. The van der Waals surface area contributed by atoms with E-state index in [4.69, 9.17) is 0 Å². The van der Waals surface area contributed by atoms with Gasteiger partial charge in [0.25, 0.3) is 0 Å². The fraction of sp³-hybridized carbons (Fsp3) is 0.0769. The number of nitrogens with zero attached hydrogens (tertiary/aromatic N) is 1. The van der Waals surface area contributed by atoms with Crippen LogP contribution in [-0.2, 0) is 17.8 Å². The van der Waals surface area contributed by atoms with Crippen LogP contribution in [0.15, 0.2) is 90.5 Å². The molecule has 0 atom stereocenters. The lowest BCUT2D eigenvalue weighted by molar-refractivity contribution is -0.104. The largest absolute Gasteiger partial charge is 0.334 e. The maximum atomic E-state index is 11.2. The number of allylic oxidation sites excluding steroid dienone is 1. The summed E-state index contributed by atoms with van der Waals surface area (Å²) >= 11 is 0. The van der Waals surface area contributed by atoms with Gasteiger partial charge in [-0.15, -0.1) is 0 Å². The number of rotatable bonds is 4. The lowest BCUT2D eigenvalue weighted by Crippen LogP contribution is -2.03. The van der Waals surface area contributed by atoms with Crippen LogP contribution in [0.2, 0.25) is 0 Å². The van der Waals surface area contributed by atoms with Gasteiger partial charge in [0.05, 0.1) is 5.69 Å². The third kappa shape index (κ3) is 4.09. The normalized spacial score (nSPS) is 11.9. The fourth-order valence-corrected chi connectivity index (χ4v) is 3.65. The van der Waals surface area contributed by atoms with Gasteiger partial charge >= 0.3 is 0 Å². The summed E-state index contributed by atoms with van der Waals surface area (Å²) in [6.45, 7) is 0.725. The van der Waals surface area contributed by atoms with Crippen molar-refractivity contribution in [3.8, 4) is 0 Å². The second kappa shape index (κ2) is 8.53. The first-order valence-electron chi connectivity index (χ1n) is 9.59. The second-order valence-electron chi connectivity index (χ2n) is 7.03. The molecule has 0 aliphatic heterocycles. The van der Waals surface area contributed by atoms with E-state index in [0.29, 0.717) is 0 Å². The highest BCUT2D eigenvalue weighted by Crippen LogP contribution is 2.23. The first kappa shape index (κ1) is 18.6. The summed E-state index contributed by atoms with van der Waals surface area (Å²) in [6.07, 6.45) is 4.60. The number of aldehydes is 2. The summed E-state index contributed by atoms with van der Waals surface area (Å²) in [7, 11) is 0. The third-order valence-electron chi connectivity index (χ3n) is 5.09. The van der Waals surface area contributed by atoms with E-state index >= 15 is 0 Å². The third-order valence-corrected chi connectivity index (χ3v) is 5.09. The molecule has 0 bridgehead atoms. The van der Waals surface area contributed by atoms with Crippen LogP contribution in [0.4, 0.5) is 0 Å². The number of hydrogen-bond acceptors (Lipinski definition) is 2. The van der Waals surface area contributed by atoms with Gasteiger partial charge in [0.2, 0.25) is 0 Å². The highest BCUT2D eigenvalue weighted by atomic mass is 16.1. The average Bonchev–Trinajstić information content (AvgIpc) is 3.36. The summed E-state index contributed by atoms with van der Waals surface area (Å²) in [6, 6.07) is 28.3. The molecule has 0 spiro atoms. The number of hydrogen-bond donors (Lipinski definition) is 0. The summed E-state index contributed by atoms with van der Waals surface area (Å²) in [4.78, 5) is 21.6. The maximum Gasteiger partial charge on any atom is 0.166 e. The second-order valence-corrected chi connectivity index (χ2v) is 7.03. The van der Waals surface area contributed by atoms with Crippen LogP contribution in [0.3, 0.4) is 0 Å². The van der Waals surface area contributed by atoms with Crippen molar-refractivity contribution < 1.29 is 9.59 Å². The van der Waals surface area contributed by atoms with Gasteiger partial charge in [-0.25, -0.2) is 0 Å². The molecule has 0 saturated heterocycles. The van der Waals surface area contributed by atoms with Gasteiger partial charge in [-0.2, -0.15) is 0 Å². The number of benzene rings is 3. The van der Waals surface area contributed by atoms with Gasteiger partial charge in [0.1, 0.15) is 6.29 Å². The number of fused-ring (bicyclic) bond motifs is 2. The Labute approximate surface area is 169 Å². The van der Waals surface area contributed by atoms with E-state index in [2.05, 4.69) is 22.8 Å². The molecule has 0 fully saturated rings. The molecular weight excluding hydrogens is 358 g/mol. The number of para-hydroxylation sites is 1. The molecular formula is C26H21NO2. The quantitative estimate of drug-likeness (QED) is 0.450. The topological polar surface area (TPSA) is 39.1 Å². The van der Waals surface area contributed by atoms with Gasteiger partial charge in [0.15, 0.2) is 6.29 Å². The van der Waals surface area contributed by atoms with Crippen LogP contribution in [0.5, 0.6) is 0 Å². The Morgan fingerprint density at radius 1 is 0.793 bits per heavy atom. The number of carbonyl (C=O) groups excluding carboxylic acids is 2. The molecule has 0 amide bonds. The first-order chi connectivity index (χ1) is 14.3. The Kier molecular flexibility index (Phi) is 5.48. The highest BCUT2D eigenvalue weighted by molar-refractivity contribution is 5.89. The molecule has 0 radical (unpaired) electrons. The zero-order valence-electron chi connectivity index (χ0n) is 16.0. The number of aromatic nitrogens is 1. The predicted octanol–water partition coefficient (Wildman–Crippen LogP) is 5.33. The van der Waals surface area contributed by atoms with E-state index < -0.39 is 0 Å². The predicted molar refractivity (Wildman–Crippen MR) is 117 cm³/mol. The van der Waals surface area contributed by atoms with Crippen LogP contribution < -0.4 is 0 Å². The van der Waals surface area contributed by atoms with Crippen LogP contribution in [0.1, 0.15) is 27.2 Å². The van der Waals surface area contributed by atoms with Crippen molar-refractivity contribution in [3.63, 3.8) is 0 Å². The highest BCUT2D eigenvalue weighted by Gasteiger charge is 2.10. The van der Waals surface area contributed by atoms with Crippen molar-refractivity contribution in [2.24, 2.45) is 0 Å². The molecule has 3 aromatic carbocycles. The average molecular weight is 379 g/mol. The van der Waals surface area contributed by atoms with Gasteiger partial charge < -0.3 is 4.57 Å². The van der Waals surface area contributed by atoms with Crippen LogP contribution >= 0.6 is 0 Å². The van der Waals surface area contributed by atoms with E-state index in [1.165, 1.54) is 16.7 Å². The molecule has 1 heterocycles. The van der Waals surface area contributed by atoms with Crippen molar-refractivity contribution in [1.82, 2.24) is 4.57 Å². The standard InChI is InChI=1S/C16H13NO.C10H8O/c18-12-15-10-14-8-4-5-9-16(14)17(15)11-13-6-2-1-3-7-13;11-7-8-5-9-3-1-2-4-10(9)6-8/h1-10,12H,11H2;1-5,7H,6H2. The molecule has 0 N–H and O–H groups in total.